The zero-order valence-electron chi connectivity index (χ0n) is 14.5. The molecule has 2 aromatic rings. The molecule has 0 amide bonds. The molecule has 1 N–H and O–H groups in total. The average Bonchev–Trinajstić information content (AvgIpc) is 2.58. The molecule has 0 heterocycles. The Balaban J connectivity index is 1.79. The van der Waals surface area contributed by atoms with E-state index in [1.165, 1.54) is 5.69 Å². The topological polar surface area (TPSA) is 24.5 Å². The Labute approximate surface area is 140 Å². The van der Waals surface area contributed by atoms with Gasteiger partial charge in [-0.1, -0.05) is 32.0 Å². The van der Waals surface area contributed by atoms with Gasteiger partial charge < -0.3 is 15.0 Å². The van der Waals surface area contributed by atoms with E-state index in [1.807, 2.05) is 12.1 Å². The number of nitrogens with one attached hydrogen (secondary N) is 1. The first-order chi connectivity index (χ1) is 11.2. The van der Waals surface area contributed by atoms with E-state index in [9.17, 15) is 0 Å². The largest absolute Gasteiger partial charge is 0.493 e. The van der Waals surface area contributed by atoms with Crippen molar-refractivity contribution in [3.8, 4) is 5.75 Å². The van der Waals surface area contributed by atoms with Crippen molar-refractivity contribution in [1.82, 2.24) is 0 Å². The highest BCUT2D eigenvalue weighted by Crippen LogP contribution is 2.17. The molecule has 2 rings (SSSR count). The van der Waals surface area contributed by atoms with E-state index in [4.69, 9.17) is 4.74 Å². The summed E-state index contributed by atoms with van der Waals surface area (Å²) >= 11 is 0. The van der Waals surface area contributed by atoms with Gasteiger partial charge in [0.25, 0.3) is 0 Å². The number of benzene rings is 2. The summed E-state index contributed by atoms with van der Waals surface area (Å²) in [5.41, 5.74) is 2.40. The lowest BCUT2D eigenvalue weighted by Crippen LogP contribution is -2.28. The fraction of sp³-hybridized carbons (Fsp3) is 0.400. The summed E-state index contributed by atoms with van der Waals surface area (Å²) in [6.07, 6.45) is 0. The lowest BCUT2D eigenvalue weighted by molar-refractivity contribution is 0.271. The molecule has 0 fully saturated rings. The summed E-state index contributed by atoms with van der Waals surface area (Å²) in [6, 6.07) is 18.7. The Morgan fingerprint density at radius 3 is 2.30 bits per heavy atom. The number of hydrogen-bond donors (Lipinski definition) is 1. The summed E-state index contributed by atoms with van der Waals surface area (Å²) < 4.78 is 5.70. The standard InChI is InChI=1S/C20H28N2O/c1-4-22(19-8-6-5-7-9-19)15-14-21-18-10-12-20(13-11-18)23-16-17(2)3/h5-13,17,21H,4,14-16H2,1-3H3. The minimum atomic E-state index is 0.547. The fourth-order valence-electron chi connectivity index (χ4n) is 2.38. The van der Waals surface area contributed by atoms with Gasteiger partial charge in [0.05, 0.1) is 6.61 Å². The molecule has 0 aromatic heterocycles. The molecular weight excluding hydrogens is 284 g/mol. The van der Waals surface area contributed by atoms with Crippen LogP contribution in [0.15, 0.2) is 54.6 Å². The van der Waals surface area contributed by atoms with Crippen molar-refractivity contribution in [3.05, 3.63) is 54.6 Å². The number of ether oxygens (including phenoxy) is 1. The molecule has 0 aliphatic rings. The molecule has 0 spiro atoms. The minimum absolute atomic E-state index is 0.547. The molecule has 124 valence electrons. The van der Waals surface area contributed by atoms with Gasteiger partial charge in [-0.3, -0.25) is 0 Å². The van der Waals surface area contributed by atoms with Crippen LogP contribution in [0.3, 0.4) is 0 Å². The molecule has 2 aromatic carbocycles. The van der Waals surface area contributed by atoms with Crippen LogP contribution in [0.1, 0.15) is 20.8 Å². The summed E-state index contributed by atoms with van der Waals surface area (Å²) in [7, 11) is 0. The first-order valence-corrected chi connectivity index (χ1v) is 8.45. The van der Waals surface area contributed by atoms with Crippen LogP contribution in [0.4, 0.5) is 11.4 Å². The minimum Gasteiger partial charge on any atom is -0.493 e. The van der Waals surface area contributed by atoms with Crippen LogP contribution >= 0.6 is 0 Å². The smallest absolute Gasteiger partial charge is 0.119 e. The predicted octanol–water partition coefficient (Wildman–Crippen LogP) is 4.66. The van der Waals surface area contributed by atoms with E-state index in [0.29, 0.717) is 5.92 Å². The van der Waals surface area contributed by atoms with Crippen LogP contribution in [0.5, 0.6) is 5.75 Å². The Morgan fingerprint density at radius 2 is 1.70 bits per heavy atom. The maximum Gasteiger partial charge on any atom is 0.119 e. The number of rotatable bonds is 9. The lowest BCUT2D eigenvalue weighted by atomic mass is 10.2. The summed E-state index contributed by atoms with van der Waals surface area (Å²) in [4.78, 5) is 2.37. The van der Waals surface area contributed by atoms with Crippen molar-refractivity contribution in [3.63, 3.8) is 0 Å². The van der Waals surface area contributed by atoms with E-state index < -0.39 is 0 Å². The van der Waals surface area contributed by atoms with Gasteiger partial charge in [0.1, 0.15) is 5.75 Å². The van der Waals surface area contributed by atoms with Crippen molar-refractivity contribution < 1.29 is 4.74 Å². The van der Waals surface area contributed by atoms with Crippen LogP contribution in [0.25, 0.3) is 0 Å². The van der Waals surface area contributed by atoms with E-state index in [1.54, 1.807) is 0 Å². The SMILES string of the molecule is CCN(CCNc1ccc(OCC(C)C)cc1)c1ccccc1. The zero-order chi connectivity index (χ0) is 16.5. The molecule has 0 saturated heterocycles. The molecule has 0 bridgehead atoms. The molecule has 3 heteroatoms. The van der Waals surface area contributed by atoms with Crippen molar-refractivity contribution in [2.45, 2.75) is 20.8 Å². The maximum absolute atomic E-state index is 5.70. The van der Waals surface area contributed by atoms with Crippen molar-refractivity contribution >= 4 is 11.4 Å². The highest BCUT2D eigenvalue weighted by molar-refractivity contribution is 5.48. The lowest BCUT2D eigenvalue weighted by Gasteiger charge is -2.23. The Bertz CT molecular complexity index is 552. The third kappa shape index (κ3) is 5.85. The summed E-state index contributed by atoms with van der Waals surface area (Å²) in [5, 5.41) is 3.47. The molecule has 0 aliphatic heterocycles. The van der Waals surface area contributed by atoms with Gasteiger partial charge >= 0.3 is 0 Å². The number of anilines is 2. The van der Waals surface area contributed by atoms with E-state index >= 15 is 0 Å². The normalized spacial score (nSPS) is 10.6. The van der Waals surface area contributed by atoms with Crippen molar-refractivity contribution in [1.29, 1.82) is 0 Å². The van der Waals surface area contributed by atoms with Crippen LogP contribution in [-0.2, 0) is 0 Å². The van der Waals surface area contributed by atoms with Gasteiger partial charge in [-0.2, -0.15) is 0 Å². The van der Waals surface area contributed by atoms with Gasteiger partial charge in [0, 0.05) is 31.0 Å². The number of likely N-dealkylation sites (N-methyl/N-ethyl adjacent to an activating group) is 1. The van der Waals surface area contributed by atoms with Crippen LogP contribution in [-0.4, -0.2) is 26.2 Å². The van der Waals surface area contributed by atoms with Gasteiger partial charge in [-0.05, 0) is 49.2 Å². The Hall–Kier alpha value is -2.16. The highest BCUT2D eigenvalue weighted by atomic mass is 16.5. The second-order valence-electron chi connectivity index (χ2n) is 6.07. The average molecular weight is 312 g/mol. The molecule has 0 unspecified atom stereocenters. The zero-order valence-corrected chi connectivity index (χ0v) is 14.5. The van der Waals surface area contributed by atoms with E-state index in [-0.39, 0.29) is 0 Å². The van der Waals surface area contributed by atoms with Crippen LogP contribution in [0.2, 0.25) is 0 Å². The highest BCUT2D eigenvalue weighted by Gasteiger charge is 2.03. The fourth-order valence-corrected chi connectivity index (χ4v) is 2.38. The summed E-state index contributed by atoms with van der Waals surface area (Å²) in [6.45, 7) is 10.2. The van der Waals surface area contributed by atoms with Gasteiger partial charge in [0.2, 0.25) is 0 Å². The number of para-hydroxylation sites is 1. The molecule has 3 nitrogen and oxygen atoms in total. The van der Waals surface area contributed by atoms with Gasteiger partial charge in [-0.25, -0.2) is 0 Å². The number of nitrogens with zero attached hydrogens (tertiary/aromatic N) is 1. The number of hydrogen-bond acceptors (Lipinski definition) is 3. The summed E-state index contributed by atoms with van der Waals surface area (Å²) in [5.74, 6) is 1.48. The first-order valence-electron chi connectivity index (χ1n) is 8.45. The van der Waals surface area contributed by atoms with E-state index in [0.717, 1.165) is 37.7 Å². The molecule has 0 radical (unpaired) electrons. The van der Waals surface area contributed by atoms with Crippen LogP contribution in [0, 0.1) is 5.92 Å². The second kappa shape index (κ2) is 9.09. The van der Waals surface area contributed by atoms with Crippen molar-refractivity contribution in [2.24, 2.45) is 5.92 Å². The maximum atomic E-state index is 5.70. The molecule has 23 heavy (non-hydrogen) atoms. The molecular formula is C20H28N2O. The molecule has 0 saturated carbocycles. The van der Waals surface area contributed by atoms with Gasteiger partial charge in [-0.15, -0.1) is 0 Å². The third-order valence-corrected chi connectivity index (χ3v) is 3.65. The van der Waals surface area contributed by atoms with Crippen molar-refractivity contribution in [2.75, 3.05) is 36.5 Å². The van der Waals surface area contributed by atoms with Crippen LogP contribution < -0.4 is 15.0 Å². The first kappa shape index (κ1) is 17.2. The molecule has 0 atom stereocenters. The Morgan fingerprint density at radius 1 is 1.00 bits per heavy atom. The second-order valence-corrected chi connectivity index (χ2v) is 6.07. The quantitative estimate of drug-likeness (QED) is 0.729. The predicted molar refractivity (Wildman–Crippen MR) is 99.6 cm³/mol. The monoisotopic (exact) mass is 312 g/mol. The van der Waals surface area contributed by atoms with E-state index in [2.05, 4.69) is 73.5 Å². The third-order valence-electron chi connectivity index (χ3n) is 3.65. The Kier molecular flexibility index (Phi) is 6.79. The molecule has 0 aliphatic carbocycles. The van der Waals surface area contributed by atoms with Gasteiger partial charge in [0.15, 0.2) is 0 Å².